The van der Waals surface area contributed by atoms with Gasteiger partial charge in [-0.15, -0.1) is 0 Å². The summed E-state index contributed by atoms with van der Waals surface area (Å²) >= 11 is 0. The maximum Gasteiger partial charge on any atom is 0.406 e. The van der Waals surface area contributed by atoms with Gasteiger partial charge in [-0.1, -0.05) is 26.7 Å². The molecular weight excluding hydrogens is 286 g/mol. The van der Waals surface area contributed by atoms with Gasteiger partial charge in [0.15, 0.2) is 6.61 Å². The van der Waals surface area contributed by atoms with Crippen molar-refractivity contribution in [3.63, 3.8) is 0 Å². The molecule has 1 atom stereocenters. The Morgan fingerprint density at radius 2 is 2.14 bits per heavy atom. The third-order valence-corrected chi connectivity index (χ3v) is 3.11. The van der Waals surface area contributed by atoms with E-state index < -0.39 is 4.92 Å². The van der Waals surface area contributed by atoms with Crippen molar-refractivity contribution in [1.82, 2.24) is 10.3 Å². The van der Waals surface area contributed by atoms with Crippen molar-refractivity contribution in [2.75, 3.05) is 6.61 Å². The minimum Gasteiger partial charge on any atom is -0.476 e. The van der Waals surface area contributed by atoms with E-state index in [4.69, 9.17) is 4.74 Å². The van der Waals surface area contributed by atoms with Crippen LogP contribution < -0.4 is 10.1 Å². The Hall–Kier alpha value is -2.18. The molecular formula is C15H23N3O4. The number of aromatic nitrogens is 1. The molecule has 1 aromatic rings. The van der Waals surface area contributed by atoms with Gasteiger partial charge in [0.1, 0.15) is 6.20 Å². The lowest BCUT2D eigenvalue weighted by atomic mass is 10.0. The van der Waals surface area contributed by atoms with Crippen LogP contribution in [0.5, 0.6) is 5.75 Å². The Morgan fingerprint density at radius 3 is 2.77 bits per heavy atom. The molecule has 0 unspecified atom stereocenters. The molecule has 7 nitrogen and oxygen atoms in total. The van der Waals surface area contributed by atoms with Gasteiger partial charge in [0.25, 0.3) is 5.91 Å². The molecule has 0 aliphatic carbocycles. The highest BCUT2D eigenvalue weighted by Crippen LogP contribution is 2.22. The van der Waals surface area contributed by atoms with Gasteiger partial charge in [-0.2, -0.15) is 0 Å². The first-order chi connectivity index (χ1) is 10.4. The second-order valence-corrected chi connectivity index (χ2v) is 5.66. The number of pyridine rings is 1. The lowest BCUT2D eigenvalue weighted by Crippen LogP contribution is -2.36. The molecule has 0 bridgehead atoms. The van der Waals surface area contributed by atoms with Crippen LogP contribution in [0, 0.1) is 16.0 Å². The summed E-state index contributed by atoms with van der Waals surface area (Å²) < 4.78 is 5.19. The van der Waals surface area contributed by atoms with E-state index in [-0.39, 0.29) is 30.1 Å². The van der Waals surface area contributed by atoms with Gasteiger partial charge in [0.2, 0.25) is 5.75 Å². The monoisotopic (exact) mass is 309 g/mol. The molecule has 1 rings (SSSR count). The van der Waals surface area contributed by atoms with E-state index in [9.17, 15) is 14.9 Å². The van der Waals surface area contributed by atoms with Crippen LogP contribution in [0.2, 0.25) is 0 Å². The predicted octanol–water partition coefficient (Wildman–Crippen LogP) is 2.70. The first kappa shape index (κ1) is 17.9. The molecule has 0 aromatic carbocycles. The standard InChI is InChI=1S/C15H23N3O4/c1-11(2)6-4-7-12(3)17-14(19)10-22-13-8-5-9-16-15(13)18(20)21/h5,8-9,11-12H,4,6-7,10H2,1-3H3,(H,17,19)/t12-/m1/s1. The third-order valence-electron chi connectivity index (χ3n) is 3.11. The van der Waals surface area contributed by atoms with E-state index in [1.165, 1.54) is 18.3 Å². The molecule has 0 aliphatic rings. The summed E-state index contributed by atoms with van der Waals surface area (Å²) in [5.74, 6) is -0.0389. The second kappa shape index (κ2) is 8.96. The number of hydrogen-bond donors (Lipinski definition) is 1. The minimum atomic E-state index is -0.637. The van der Waals surface area contributed by atoms with Crippen molar-refractivity contribution in [3.8, 4) is 5.75 Å². The number of carbonyl (C=O) groups is 1. The Morgan fingerprint density at radius 1 is 1.41 bits per heavy atom. The van der Waals surface area contributed by atoms with Crippen LogP contribution in [0.4, 0.5) is 5.82 Å². The molecule has 7 heteroatoms. The average Bonchev–Trinajstić information content (AvgIpc) is 2.44. The van der Waals surface area contributed by atoms with Crippen LogP contribution >= 0.6 is 0 Å². The highest BCUT2D eigenvalue weighted by molar-refractivity contribution is 5.77. The average molecular weight is 309 g/mol. The Labute approximate surface area is 130 Å². The first-order valence-electron chi connectivity index (χ1n) is 7.41. The molecule has 122 valence electrons. The summed E-state index contributed by atoms with van der Waals surface area (Å²) in [4.78, 5) is 25.5. The Balaban J connectivity index is 2.39. The molecule has 1 N–H and O–H groups in total. The van der Waals surface area contributed by atoms with Gasteiger partial charge in [-0.05, 0) is 41.3 Å². The highest BCUT2D eigenvalue weighted by Gasteiger charge is 2.17. The predicted molar refractivity (Wildman–Crippen MR) is 82.7 cm³/mol. The molecule has 1 heterocycles. The van der Waals surface area contributed by atoms with E-state index in [1.807, 2.05) is 6.92 Å². The van der Waals surface area contributed by atoms with Crippen LogP contribution in [0.25, 0.3) is 0 Å². The van der Waals surface area contributed by atoms with Crippen LogP contribution in [-0.2, 0) is 4.79 Å². The fourth-order valence-corrected chi connectivity index (χ4v) is 2.00. The number of rotatable bonds is 9. The lowest BCUT2D eigenvalue weighted by molar-refractivity contribution is -0.390. The van der Waals surface area contributed by atoms with E-state index in [0.29, 0.717) is 5.92 Å². The molecule has 0 saturated heterocycles. The van der Waals surface area contributed by atoms with Crippen molar-refractivity contribution >= 4 is 11.7 Å². The Bertz CT molecular complexity index is 505. The zero-order valence-corrected chi connectivity index (χ0v) is 13.2. The zero-order chi connectivity index (χ0) is 16.5. The van der Waals surface area contributed by atoms with Gasteiger partial charge in [0.05, 0.1) is 0 Å². The number of amides is 1. The number of ether oxygens (including phenoxy) is 1. The quantitative estimate of drug-likeness (QED) is 0.559. The Kier molecular flexibility index (Phi) is 7.28. The van der Waals surface area contributed by atoms with Crippen LogP contribution in [0.3, 0.4) is 0 Å². The van der Waals surface area contributed by atoms with E-state index in [2.05, 4.69) is 24.1 Å². The number of nitrogens with zero attached hydrogens (tertiary/aromatic N) is 2. The molecule has 0 saturated carbocycles. The van der Waals surface area contributed by atoms with Crippen molar-refractivity contribution < 1.29 is 14.5 Å². The third kappa shape index (κ3) is 6.51. The first-order valence-corrected chi connectivity index (χ1v) is 7.41. The molecule has 0 fully saturated rings. The van der Waals surface area contributed by atoms with E-state index in [0.717, 1.165) is 19.3 Å². The van der Waals surface area contributed by atoms with Crippen molar-refractivity contribution in [3.05, 3.63) is 28.4 Å². The van der Waals surface area contributed by atoms with Crippen molar-refractivity contribution in [2.24, 2.45) is 5.92 Å². The largest absolute Gasteiger partial charge is 0.476 e. The summed E-state index contributed by atoms with van der Waals surface area (Å²) in [6, 6.07) is 3.00. The van der Waals surface area contributed by atoms with Gasteiger partial charge >= 0.3 is 5.82 Å². The number of hydrogen-bond acceptors (Lipinski definition) is 5. The van der Waals surface area contributed by atoms with Crippen LogP contribution in [0.15, 0.2) is 18.3 Å². The fraction of sp³-hybridized carbons (Fsp3) is 0.600. The topological polar surface area (TPSA) is 94.4 Å². The summed E-state index contributed by atoms with van der Waals surface area (Å²) in [6.07, 6.45) is 4.38. The normalized spacial score (nSPS) is 12.0. The summed E-state index contributed by atoms with van der Waals surface area (Å²) in [7, 11) is 0. The molecule has 0 spiro atoms. The van der Waals surface area contributed by atoms with Gasteiger partial charge in [-0.3, -0.25) is 4.79 Å². The summed E-state index contributed by atoms with van der Waals surface area (Å²) in [5.41, 5.74) is 0. The highest BCUT2D eigenvalue weighted by atomic mass is 16.6. The van der Waals surface area contributed by atoms with Crippen molar-refractivity contribution in [2.45, 2.75) is 46.1 Å². The second-order valence-electron chi connectivity index (χ2n) is 5.66. The number of nitrogens with one attached hydrogen (secondary N) is 1. The fourth-order valence-electron chi connectivity index (χ4n) is 2.00. The maximum absolute atomic E-state index is 11.8. The molecule has 22 heavy (non-hydrogen) atoms. The van der Waals surface area contributed by atoms with Gasteiger partial charge in [-0.25, -0.2) is 0 Å². The zero-order valence-electron chi connectivity index (χ0n) is 13.2. The van der Waals surface area contributed by atoms with Gasteiger partial charge < -0.3 is 20.2 Å². The lowest BCUT2D eigenvalue weighted by Gasteiger charge is -2.14. The van der Waals surface area contributed by atoms with Crippen molar-refractivity contribution in [1.29, 1.82) is 0 Å². The summed E-state index contributed by atoms with van der Waals surface area (Å²) in [6.45, 7) is 6.00. The van der Waals surface area contributed by atoms with Crippen LogP contribution in [-0.4, -0.2) is 28.5 Å². The smallest absolute Gasteiger partial charge is 0.406 e. The molecule has 0 aliphatic heterocycles. The molecule has 0 radical (unpaired) electrons. The number of nitro groups is 1. The van der Waals surface area contributed by atoms with Gasteiger partial charge in [0, 0.05) is 6.04 Å². The van der Waals surface area contributed by atoms with Crippen LogP contribution in [0.1, 0.15) is 40.0 Å². The molecule has 1 amide bonds. The number of carbonyl (C=O) groups excluding carboxylic acids is 1. The van der Waals surface area contributed by atoms with E-state index >= 15 is 0 Å². The maximum atomic E-state index is 11.8. The SMILES string of the molecule is CC(C)CCC[C@@H](C)NC(=O)COc1cccnc1[N+](=O)[O-]. The summed E-state index contributed by atoms with van der Waals surface area (Å²) in [5, 5.41) is 13.6. The minimum absolute atomic E-state index is 0.00453. The molecule has 1 aromatic heterocycles. The van der Waals surface area contributed by atoms with E-state index in [1.54, 1.807) is 0 Å².